The quantitative estimate of drug-likeness (QED) is 0.779. The summed E-state index contributed by atoms with van der Waals surface area (Å²) < 4.78 is 6.45. The maximum absolute atomic E-state index is 6.45. The molecule has 2 aliphatic rings. The van der Waals surface area contributed by atoms with E-state index in [1.165, 1.54) is 38.5 Å². The summed E-state index contributed by atoms with van der Waals surface area (Å²) in [6.07, 6.45) is 10.9. The molecule has 94 valence electrons. The summed E-state index contributed by atoms with van der Waals surface area (Å²) in [5.41, 5.74) is 0.125. The fraction of sp³-hybridized carbons (Fsp3) is 1.00. The largest absolute Gasteiger partial charge is 0.369 e. The van der Waals surface area contributed by atoms with Crippen molar-refractivity contribution in [2.75, 3.05) is 6.54 Å². The van der Waals surface area contributed by atoms with Gasteiger partial charge in [0.1, 0.15) is 0 Å². The van der Waals surface area contributed by atoms with Gasteiger partial charge in [0.05, 0.1) is 11.7 Å². The van der Waals surface area contributed by atoms with Gasteiger partial charge in [-0.2, -0.15) is 0 Å². The molecule has 1 saturated carbocycles. The van der Waals surface area contributed by atoms with Crippen molar-refractivity contribution < 1.29 is 4.74 Å². The zero-order chi connectivity index (χ0) is 11.4. The highest BCUT2D eigenvalue weighted by atomic mass is 16.5. The Hall–Kier alpha value is -0.0800. The van der Waals surface area contributed by atoms with Crippen molar-refractivity contribution in [1.82, 2.24) is 5.32 Å². The van der Waals surface area contributed by atoms with Crippen LogP contribution in [0.1, 0.15) is 65.2 Å². The van der Waals surface area contributed by atoms with Gasteiger partial charge in [-0.25, -0.2) is 0 Å². The first kappa shape index (κ1) is 12.4. The zero-order valence-corrected chi connectivity index (χ0v) is 10.9. The molecule has 2 heteroatoms. The van der Waals surface area contributed by atoms with E-state index in [0.29, 0.717) is 12.1 Å². The summed E-state index contributed by atoms with van der Waals surface area (Å²) in [7, 11) is 0. The first-order chi connectivity index (χ1) is 7.79. The minimum absolute atomic E-state index is 0.125. The molecule has 2 atom stereocenters. The van der Waals surface area contributed by atoms with E-state index in [2.05, 4.69) is 19.2 Å². The molecular formula is C14H27NO. The summed E-state index contributed by atoms with van der Waals surface area (Å²) in [6.45, 7) is 5.57. The Balaban J connectivity index is 1.99. The van der Waals surface area contributed by atoms with Gasteiger partial charge in [-0.05, 0) is 25.7 Å². The van der Waals surface area contributed by atoms with E-state index in [-0.39, 0.29) is 5.60 Å². The lowest BCUT2D eigenvalue weighted by atomic mass is 9.88. The molecule has 0 bridgehead atoms. The molecule has 2 rings (SSSR count). The SMILES string of the molecule is CCC1(CC)CNC2CCCCCCC2O1. The van der Waals surface area contributed by atoms with Crippen LogP contribution in [0.25, 0.3) is 0 Å². The molecule has 0 spiro atoms. The molecule has 0 aromatic rings. The van der Waals surface area contributed by atoms with E-state index >= 15 is 0 Å². The Kier molecular flexibility index (Phi) is 4.26. The van der Waals surface area contributed by atoms with Crippen molar-refractivity contribution in [2.24, 2.45) is 0 Å². The van der Waals surface area contributed by atoms with Crippen LogP contribution < -0.4 is 5.32 Å². The van der Waals surface area contributed by atoms with Crippen molar-refractivity contribution in [1.29, 1.82) is 0 Å². The minimum Gasteiger partial charge on any atom is -0.369 e. The third kappa shape index (κ3) is 2.60. The second-order valence-electron chi connectivity index (χ2n) is 5.53. The van der Waals surface area contributed by atoms with Crippen LogP contribution in [0.5, 0.6) is 0 Å². The Morgan fingerprint density at radius 3 is 2.44 bits per heavy atom. The highest BCUT2D eigenvalue weighted by Gasteiger charge is 2.38. The monoisotopic (exact) mass is 225 g/mol. The fourth-order valence-electron chi connectivity index (χ4n) is 3.17. The molecule has 2 nitrogen and oxygen atoms in total. The third-order valence-corrected chi connectivity index (χ3v) is 4.58. The summed E-state index contributed by atoms with van der Waals surface area (Å²) in [4.78, 5) is 0. The van der Waals surface area contributed by atoms with Gasteiger partial charge in [-0.3, -0.25) is 0 Å². The van der Waals surface area contributed by atoms with Gasteiger partial charge in [0.15, 0.2) is 0 Å². The number of hydrogen-bond donors (Lipinski definition) is 1. The molecule has 0 radical (unpaired) electrons. The highest BCUT2D eigenvalue weighted by Crippen LogP contribution is 2.31. The maximum Gasteiger partial charge on any atom is 0.0805 e. The zero-order valence-electron chi connectivity index (χ0n) is 10.9. The predicted molar refractivity (Wildman–Crippen MR) is 67.7 cm³/mol. The van der Waals surface area contributed by atoms with Crippen molar-refractivity contribution in [2.45, 2.75) is 83.0 Å². The van der Waals surface area contributed by atoms with E-state index in [1.54, 1.807) is 0 Å². The van der Waals surface area contributed by atoms with Gasteiger partial charge in [0, 0.05) is 12.6 Å². The van der Waals surface area contributed by atoms with Gasteiger partial charge in [-0.1, -0.05) is 39.5 Å². The van der Waals surface area contributed by atoms with E-state index in [0.717, 1.165) is 19.4 Å². The van der Waals surface area contributed by atoms with Gasteiger partial charge in [0.25, 0.3) is 0 Å². The van der Waals surface area contributed by atoms with Gasteiger partial charge >= 0.3 is 0 Å². The van der Waals surface area contributed by atoms with Crippen LogP contribution in [0.3, 0.4) is 0 Å². The fourth-order valence-corrected chi connectivity index (χ4v) is 3.17. The van der Waals surface area contributed by atoms with E-state index in [1.807, 2.05) is 0 Å². The van der Waals surface area contributed by atoms with Crippen molar-refractivity contribution >= 4 is 0 Å². The first-order valence-electron chi connectivity index (χ1n) is 7.21. The first-order valence-corrected chi connectivity index (χ1v) is 7.21. The molecule has 0 amide bonds. The Morgan fingerprint density at radius 2 is 1.75 bits per heavy atom. The minimum atomic E-state index is 0.125. The molecule has 1 heterocycles. The van der Waals surface area contributed by atoms with Gasteiger partial charge in [-0.15, -0.1) is 0 Å². The third-order valence-electron chi connectivity index (χ3n) is 4.58. The number of hydrogen-bond acceptors (Lipinski definition) is 2. The van der Waals surface area contributed by atoms with Gasteiger partial charge < -0.3 is 10.1 Å². The number of fused-ring (bicyclic) bond motifs is 1. The molecule has 1 aliphatic carbocycles. The van der Waals surface area contributed by atoms with Crippen LogP contribution in [0.4, 0.5) is 0 Å². The summed E-state index contributed by atoms with van der Waals surface area (Å²) in [6, 6.07) is 0.631. The molecule has 0 aromatic heterocycles. The number of rotatable bonds is 2. The number of nitrogens with one attached hydrogen (secondary N) is 1. The van der Waals surface area contributed by atoms with Crippen molar-refractivity contribution in [3.8, 4) is 0 Å². The van der Waals surface area contributed by atoms with Crippen LogP contribution in [-0.2, 0) is 4.74 Å². The van der Waals surface area contributed by atoms with Crippen LogP contribution in [0, 0.1) is 0 Å². The lowest BCUT2D eigenvalue weighted by Gasteiger charge is -2.46. The molecule has 2 fully saturated rings. The Morgan fingerprint density at radius 1 is 1.06 bits per heavy atom. The predicted octanol–water partition coefficient (Wildman–Crippen LogP) is 3.26. The molecule has 16 heavy (non-hydrogen) atoms. The standard InChI is InChI=1S/C14H27NO/c1-3-14(4-2)11-15-12-9-7-5-6-8-10-13(12)16-14/h12-13,15H,3-11H2,1-2H3. The van der Waals surface area contributed by atoms with Crippen LogP contribution in [0.15, 0.2) is 0 Å². The molecular weight excluding hydrogens is 198 g/mol. The molecule has 2 unspecified atom stereocenters. The molecule has 1 aliphatic heterocycles. The molecule has 1 saturated heterocycles. The lowest BCUT2D eigenvalue weighted by Crippen LogP contribution is -2.58. The molecule has 1 N–H and O–H groups in total. The average Bonchev–Trinajstić information content (AvgIpc) is 2.30. The Labute approximate surface area is 100 Å². The summed E-state index contributed by atoms with van der Waals surface area (Å²) in [5.74, 6) is 0. The second kappa shape index (κ2) is 5.50. The maximum atomic E-state index is 6.45. The second-order valence-corrected chi connectivity index (χ2v) is 5.53. The Bertz CT molecular complexity index is 213. The normalized spacial score (nSPS) is 34.9. The van der Waals surface area contributed by atoms with Crippen molar-refractivity contribution in [3.05, 3.63) is 0 Å². The topological polar surface area (TPSA) is 21.3 Å². The van der Waals surface area contributed by atoms with Crippen LogP contribution in [0.2, 0.25) is 0 Å². The van der Waals surface area contributed by atoms with E-state index in [9.17, 15) is 0 Å². The van der Waals surface area contributed by atoms with E-state index in [4.69, 9.17) is 4.74 Å². The van der Waals surface area contributed by atoms with Crippen LogP contribution >= 0.6 is 0 Å². The average molecular weight is 225 g/mol. The highest BCUT2D eigenvalue weighted by molar-refractivity contribution is 4.93. The van der Waals surface area contributed by atoms with Crippen molar-refractivity contribution in [3.63, 3.8) is 0 Å². The number of morpholine rings is 1. The molecule has 0 aromatic carbocycles. The summed E-state index contributed by atoms with van der Waals surface area (Å²) in [5, 5.41) is 3.76. The summed E-state index contributed by atoms with van der Waals surface area (Å²) >= 11 is 0. The van der Waals surface area contributed by atoms with E-state index < -0.39 is 0 Å². The smallest absolute Gasteiger partial charge is 0.0805 e. The lowest BCUT2D eigenvalue weighted by molar-refractivity contribution is -0.144. The van der Waals surface area contributed by atoms with Crippen LogP contribution in [-0.4, -0.2) is 24.3 Å². The number of ether oxygens (including phenoxy) is 1. The van der Waals surface area contributed by atoms with Gasteiger partial charge in [0.2, 0.25) is 0 Å².